The Bertz CT molecular complexity index is 625. The summed E-state index contributed by atoms with van der Waals surface area (Å²) in [5, 5.41) is 5.63. The van der Waals surface area contributed by atoms with Gasteiger partial charge < -0.3 is 5.32 Å². The summed E-state index contributed by atoms with van der Waals surface area (Å²) in [5.74, 6) is 0. The van der Waals surface area contributed by atoms with Crippen LogP contribution in [0.3, 0.4) is 0 Å². The lowest BCUT2D eigenvalue weighted by atomic mass is 9.97. The van der Waals surface area contributed by atoms with Gasteiger partial charge in [-0.25, -0.2) is 0 Å². The van der Waals surface area contributed by atoms with Crippen molar-refractivity contribution in [2.24, 2.45) is 0 Å². The minimum absolute atomic E-state index is 0.126. The predicted molar refractivity (Wildman–Crippen MR) is 92.8 cm³/mol. The minimum atomic E-state index is 0.126. The van der Waals surface area contributed by atoms with Crippen LogP contribution in [0.4, 0.5) is 0 Å². The molecule has 0 fully saturated rings. The minimum Gasteiger partial charge on any atom is -0.310 e. The molecule has 112 valence electrons. The van der Waals surface area contributed by atoms with E-state index in [1.54, 1.807) is 6.07 Å². The molecule has 0 saturated heterocycles. The molecule has 0 aliphatic rings. The Morgan fingerprint density at radius 3 is 2.52 bits per heavy atom. The first-order valence-corrected chi connectivity index (χ1v) is 8.08. The van der Waals surface area contributed by atoms with Gasteiger partial charge in [-0.05, 0) is 48.7 Å². The van der Waals surface area contributed by atoms with Crippen molar-refractivity contribution in [2.45, 2.75) is 26.3 Å². The molecule has 0 aliphatic carbocycles. The van der Waals surface area contributed by atoms with E-state index in [-0.39, 0.29) is 6.04 Å². The number of nitrogens with one attached hydrogen (secondary N) is 1. The quantitative estimate of drug-likeness (QED) is 0.719. The number of hydrogen-bond donors (Lipinski definition) is 1. The summed E-state index contributed by atoms with van der Waals surface area (Å²) in [6.07, 6.45) is 0.771. The third-order valence-corrected chi connectivity index (χ3v) is 4.59. The number of hydrogen-bond acceptors (Lipinski definition) is 1. The average molecular weight is 343 g/mol. The van der Waals surface area contributed by atoms with Gasteiger partial charge in [-0.3, -0.25) is 0 Å². The second-order valence-electron chi connectivity index (χ2n) is 5.03. The molecule has 0 heterocycles. The molecule has 1 unspecified atom stereocenters. The first-order valence-electron chi connectivity index (χ1n) is 6.95. The van der Waals surface area contributed by atoms with Crippen molar-refractivity contribution in [1.82, 2.24) is 5.32 Å². The van der Waals surface area contributed by atoms with E-state index in [1.165, 1.54) is 0 Å². The Kier molecular flexibility index (Phi) is 5.95. The van der Waals surface area contributed by atoms with Crippen LogP contribution in [0, 0.1) is 6.92 Å². The van der Waals surface area contributed by atoms with E-state index in [1.807, 2.05) is 31.2 Å². The van der Waals surface area contributed by atoms with Gasteiger partial charge in [-0.1, -0.05) is 66.0 Å². The Hall–Kier alpha value is -0.730. The van der Waals surface area contributed by atoms with Crippen molar-refractivity contribution < 1.29 is 0 Å². The fraction of sp³-hybridized carbons (Fsp3) is 0.294. The molecule has 2 rings (SSSR count). The molecule has 4 heteroatoms. The molecular formula is C17H18Cl3N. The first kappa shape index (κ1) is 16.6. The van der Waals surface area contributed by atoms with E-state index in [0.29, 0.717) is 10.0 Å². The first-order chi connectivity index (χ1) is 10.0. The lowest BCUT2D eigenvalue weighted by molar-refractivity contribution is 0.550. The van der Waals surface area contributed by atoms with Crippen LogP contribution in [0.15, 0.2) is 36.4 Å². The third-order valence-electron chi connectivity index (χ3n) is 3.49. The molecule has 1 N–H and O–H groups in total. The highest BCUT2D eigenvalue weighted by atomic mass is 35.5. The summed E-state index contributed by atoms with van der Waals surface area (Å²) in [7, 11) is 0. The molecular weight excluding hydrogens is 325 g/mol. The highest BCUT2D eigenvalue weighted by molar-refractivity contribution is 6.35. The van der Waals surface area contributed by atoms with Crippen LogP contribution >= 0.6 is 34.8 Å². The Morgan fingerprint density at radius 2 is 1.86 bits per heavy atom. The van der Waals surface area contributed by atoms with Crippen LogP contribution in [-0.4, -0.2) is 6.54 Å². The van der Waals surface area contributed by atoms with Gasteiger partial charge in [-0.2, -0.15) is 0 Å². The van der Waals surface area contributed by atoms with Gasteiger partial charge in [0.05, 0.1) is 0 Å². The maximum Gasteiger partial charge on any atom is 0.0483 e. The van der Waals surface area contributed by atoms with Gasteiger partial charge in [0.15, 0.2) is 0 Å². The van der Waals surface area contributed by atoms with Crippen molar-refractivity contribution in [3.8, 4) is 0 Å². The van der Waals surface area contributed by atoms with E-state index in [4.69, 9.17) is 34.8 Å². The van der Waals surface area contributed by atoms with Gasteiger partial charge >= 0.3 is 0 Å². The lowest BCUT2D eigenvalue weighted by Crippen LogP contribution is -2.23. The van der Waals surface area contributed by atoms with Crippen molar-refractivity contribution in [3.63, 3.8) is 0 Å². The summed E-state index contributed by atoms with van der Waals surface area (Å²) in [6, 6.07) is 11.9. The predicted octanol–water partition coefficient (Wildman–Crippen LogP) is 5.85. The average Bonchev–Trinajstić information content (AvgIpc) is 2.44. The molecule has 0 amide bonds. The zero-order valence-corrected chi connectivity index (χ0v) is 14.4. The van der Waals surface area contributed by atoms with Gasteiger partial charge in [0, 0.05) is 21.1 Å². The number of aryl methyl sites for hydroxylation is 1. The Balaban J connectivity index is 2.33. The number of rotatable bonds is 5. The largest absolute Gasteiger partial charge is 0.310 e. The van der Waals surface area contributed by atoms with Crippen molar-refractivity contribution in [1.29, 1.82) is 0 Å². The van der Waals surface area contributed by atoms with Crippen LogP contribution in [0.1, 0.15) is 29.7 Å². The molecule has 0 radical (unpaired) electrons. The molecule has 2 aromatic carbocycles. The summed E-state index contributed by atoms with van der Waals surface area (Å²) in [4.78, 5) is 0. The zero-order chi connectivity index (χ0) is 15.4. The standard InChI is InChI=1S/C17H18Cl3N/c1-3-21-16(14-6-4-5-11(2)17(14)20)9-12-7-8-13(18)10-15(12)19/h4-8,10,16,21H,3,9H2,1-2H3. The highest BCUT2D eigenvalue weighted by Gasteiger charge is 2.17. The number of halogens is 3. The summed E-state index contributed by atoms with van der Waals surface area (Å²) in [5.41, 5.74) is 3.24. The lowest BCUT2D eigenvalue weighted by Gasteiger charge is -2.21. The van der Waals surface area contributed by atoms with Crippen molar-refractivity contribution >= 4 is 34.8 Å². The maximum absolute atomic E-state index is 6.46. The van der Waals surface area contributed by atoms with E-state index in [0.717, 1.165) is 34.7 Å². The van der Waals surface area contributed by atoms with E-state index in [9.17, 15) is 0 Å². The Morgan fingerprint density at radius 1 is 1.10 bits per heavy atom. The summed E-state index contributed by atoms with van der Waals surface area (Å²) < 4.78 is 0. The second-order valence-corrected chi connectivity index (χ2v) is 6.25. The van der Waals surface area contributed by atoms with Crippen LogP contribution in [0.5, 0.6) is 0 Å². The van der Waals surface area contributed by atoms with E-state index >= 15 is 0 Å². The second kappa shape index (κ2) is 7.51. The molecule has 2 aromatic rings. The monoisotopic (exact) mass is 341 g/mol. The normalized spacial score (nSPS) is 12.4. The number of benzene rings is 2. The molecule has 1 nitrogen and oxygen atoms in total. The highest BCUT2D eigenvalue weighted by Crippen LogP contribution is 2.31. The molecule has 0 saturated carbocycles. The molecule has 0 spiro atoms. The fourth-order valence-electron chi connectivity index (χ4n) is 2.38. The van der Waals surface area contributed by atoms with E-state index in [2.05, 4.69) is 18.3 Å². The zero-order valence-electron chi connectivity index (χ0n) is 12.1. The molecule has 0 aromatic heterocycles. The van der Waals surface area contributed by atoms with Gasteiger partial charge in [0.25, 0.3) is 0 Å². The topological polar surface area (TPSA) is 12.0 Å². The smallest absolute Gasteiger partial charge is 0.0483 e. The van der Waals surface area contributed by atoms with Gasteiger partial charge in [0.1, 0.15) is 0 Å². The van der Waals surface area contributed by atoms with Crippen molar-refractivity contribution in [3.05, 3.63) is 68.2 Å². The third kappa shape index (κ3) is 4.14. The SMILES string of the molecule is CCNC(Cc1ccc(Cl)cc1Cl)c1cccc(C)c1Cl. The number of likely N-dealkylation sites (N-methyl/N-ethyl adjacent to an activating group) is 1. The van der Waals surface area contributed by atoms with Gasteiger partial charge in [-0.15, -0.1) is 0 Å². The molecule has 1 atom stereocenters. The molecule has 0 bridgehead atoms. The Labute approximate surface area is 141 Å². The van der Waals surface area contributed by atoms with Crippen molar-refractivity contribution in [2.75, 3.05) is 6.54 Å². The maximum atomic E-state index is 6.46. The summed E-state index contributed by atoms with van der Waals surface area (Å²) in [6.45, 7) is 4.96. The molecule has 21 heavy (non-hydrogen) atoms. The van der Waals surface area contributed by atoms with Gasteiger partial charge in [0.2, 0.25) is 0 Å². The summed E-state index contributed by atoms with van der Waals surface area (Å²) >= 11 is 18.7. The van der Waals surface area contributed by atoms with Crippen LogP contribution in [-0.2, 0) is 6.42 Å². The molecule has 0 aliphatic heterocycles. The van der Waals surface area contributed by atoms with Crippen LogP contribution < -0.4 is 5.32 Å². The van der Waals surface area contributed by atoms with Crippen LogP contribution in [0.2, 0.25) is 15.1 Å². The fourth-order valence-corrected chi connectivity index (χ4v) is 3.13. The van der Waals surface area contributed by atoms with Crippen LogP contribution in [0.25, 0.3) is 0 Å². The van der Waals surface area contributed by atoms with E-state index < -0.39 is 0 Å².